The Kier molecular flexibility index (Phi) is 2.51. The second-order valence-corrected chi connectivity index (χ2v) is 3.02. The third-order valence-corrected chi connectivity index (χ3v) is 2.02. The van der Waals surface area contributed by atoms with E-state index in [-0.39, 0.29) is 0 Å². The van der Waals surface area contributed by atoms with E-state index in [1.807, 2.05) is 12.1 Å². The molecule has 2 nitrogen and oxygen atoms in total. The first-order valence-electron chi connectivity index (χ1n) is 4.52. The van der Waals surface area contributed by atoms with Crippen LogP contribution >= 0.6 is 0 Å². The molecular formula is C11H13N2. The summed E-state index contributed by atoms with van der Waals surface area (Å²) in [5, 5.41) is 0. The molecule has 0 aromatic carbocycles. The second-order valence-electron chi connectivity index (χ2n) is 3.02. The van der Waals surface area contributed by atoms with Crippen LogP contribution in [0.3, 0.4) is 0 Å². The summed E-state index contributed by atoms with van der Waals surface area (Å²) in [6.45, 7) is 3.23. The van der Waals surface area contributed by atoms with Crippen molar-refractivity contribution >= 4 is 0 Å². The fourth-order valence-electron chi connectivity index (χ4n) is 1.34. The summed E-state index contributed by atoms with van der Waals surface area (Å²) in [6.07, 6.45) is 9.33. The van der Waals surface area contributed by atoms with Crippen LogP contribution in [-0.2, 0) is 6.54 Å². The van der Waals surface area contributed by atoms with Gasteiger partial charge in [-0.1, -0.05) is 0 Å². The van der Waals surface area contributed by atoms with E-state index in [4.69, 9.17) is 0 Å². The van der Waals surface area contributed by atoms with Crippen molar-refractivity contribution in [1.29, 1.82) is 0 Å². The van der Waals surface area contributed by atoms with Gasteiger partial charge >= 0.3 is 0 Å². The highest BCUT2D eigenvalue weighted by Gasteiger charge is 1.91. The zero-order chi connectivity index (χ0) is 8.93. The fraction of sp³-hybridized carbons (Fsp3) is 0.182. The van der Waals surface area contributed by atoms with Crippen LogP contribution in [0.4, 0.5) is 0 Å². The van der Waals surface area contributed by atoms with Crippen LogP contribution in [0.2, 0.25) is 0 Å². The topological polar surface area (TPSA) is 9.86 Å². The van der Waals surface area contributed by atoms with Crippen LogP contribution in [0.5, 0.6) is 0 Å². The summed E-state index contributed by atoms with van der Waals surface area (Å²) in [5.41, 5.74) is 0. The predicted molar refractivity (Wildman–Crippen MR) is 53.2 cm³/mol. The van der Waals surface area contributed by atoms with Crippen molar-refractivity contribution in [2.45, 2.75) is 13.0 Å². The Bertz CT molecular complexity index is 285. The number of aromatic nitrogens is 2. The number of rotatable bonds is 4. The summed E-state index contributed by atoms with van der Waals surface area (Å²) >= 11 is 0. The van der Waals surface area contributed by atoms with Gasteiger partial charge in [0, 0.05) is 31.3 Å². The Morgan fingerprint density at radius 1 is 0.846 bits per heavy atom. The lowest BCUT2D eigenvalue weighted by molar-refractivity contribution is 0.665. The average molecular weight is 173 g/mol. The minimum absolute atomic E-state index is 1.05. The highest BCUT2D eigenvalue weighted by molar-refractivity contribution is 4.95. The zero-order valence-electron chi connectivity index (χ0n) is 7.50. The van der Waals surface area contributed by atoms with Crippen molar-refractivity contribution < 1.29 is 0 Å². The van der Waals surface area contributed by atoms with Gasteiger partial charge < -0.3 is 9.13 Å². The Hall–Kier alpha value is -1.44. The molecule has 0 aliphatic heterocycles. The van der Waals surface area contributed by atoms with E-state index in [1.54, 1.807) is 0 Å². The van der Waals surface area contributed by atoms with Gasteiger partial charge in [-0.2, -0.15) is 0 Å². The Morgan fingerprint density at radius 3 is 2.15 bits per heavy atom. The van der Waals surface area contributed by atoms with E-state index in [2.05, 4.69) is 52.6 Å². The van der Waals surface area contributed by atoms with Crippen molar-refractivity contribution in [2.24, 2.45) is 0 Å². The molecule has 0 spiro atoms. The number of aryl methyl sites for hydroxylation is 1. The molecule has 0 fully saturated rings. The molecular weight excluding hydrogens is 160 g/mol. The van der Waals surface area contributed by atoms with Gasteiger partial charge in [0.05, 0.1) is 6.54 Å². The maximum Gasteiger partial charge on any atom is 0.0555 e. The third-order valence-electron chi connectivity index (χ3n) is 2.02. The van der Waals surface area contributed by atoms with Crippen molar-refractivity contribution in [1.82, 2.24) is 9.13 Å². The summed E-state index contributed by atoms with van der Waals surface area (Å²) in [4.78, 5) is 0. The van der Waals surface area contributed by atoms with E-state index in [9.17, 15) is 0 Å². The van der Waals surface area contributed by atoms with Crippen LogP contribution in [0, 0.1) is 6.54 Å². The van der Waals surface area contributed by atoms with Gasteiger partial charge in [0.25, 0.3) is 0 Å². The Balaban J connectivity index is 1.76. The Morgan fingerprint density at radius 2 is 1.46 bits per heavy atom. The molecule has 2 heteroatoms. The maximum atomic E-state index is 2.18. The largest absolute Gasteiger partial charge is 0.354 e. The second kappa shape index (κ2) is 3.99. The quantitative estimate of drug-likeness (QED) is 0.672. The molecule has 0 atom stereocenters. The van der Waals surface area contributed by atoms with Gasteiger partial charge in [-0.15, -0.1) is 0 Å². The van der Waals surface area contributed by atoms with Gasteiger partial charge in [-0.3, -0.25) is 0 Å². The summed E-state index contributed by atoms with van der Waals surface area (Å²) in [6, 6.07) is 8.17. The lowest BCUT2D eigenvalue weighted by atomic mass is 10.4. The molecule has 2 heterocycles. The van der Waals surface area contributed by atoms with E-state index in [0.29, 0.717) is 0 Å². The first-order valence-corrected chi connectivity index (χ1v) is 4.52. The fourth-order valence-corrected chi connectivity index (χ4v) is 1.34. The maximum absolute atomic E-state index is 2.18. The van der Waals surface area contributed by atoms with Crippen molar-refractivity contribution in [3.63, 3.8) is 0 Å². The molecule has 0 bridgehead atoms. The van der Waals surface area contributed by atoms with Gasteiger partial charge in [0.1, 0.15) is 0 Å². The van der Waals surface area contributed by atoms with Crippen LogP contribution in [0.1, 0.15) is 6.42 Å². The van der Waals surface area contributed by atoms with Gasteiger partial charge in [-0.05, 0) is 30.7 Å². The van der Waals surface area contributed by atoms with Crippen LogP contribution < -0.4 is 0 Å². The number of hydrogen-bond donors (Lipinski definition) is 0. The molecule has 2 aromatic heterocycles. The summed E-state index contributed by atoms with van der Waals surface area (Å²) < 4.78 is 4.27. The summed E-state index contributed by atoms with van der Waals surface area (Å²) in [7, 11) is 0. The Labute approximate surface area is 78.4 Å². The molecule has 2 rings (SSSR count). The van der Waals surface area contributed by atoms with E-state index in [1.165, 1.54) is 0 Å². The number of nitrogens with zero attached hydrogens (tertiary/aromatic N) is 2. The minimum atomic E-state index is 1.05. The molecule has 0 N–H and O–H groups in total. The molecule has 2 aromatic rings. The van der Waals surface area contributed by atoms with Crippen LogP contribution in [0.15, 0.2) is 49.1 Å². The first-order chi connectivity index (χ1) is 6.45. The zero-order valence-corrected chi connectivity index (χ0v) is 7.50. The van der Waals surface area contributed by atoms with Crippen molar-refractivity contribution in [3.05, 3.63) is 55.6 Å². The molecule has 67 valence electrons. The minimum Gasteiger partial charge on any atom is -0.354 e. The average Bonchev–Trinajstić information content (AvgIpc) is 2.75. The molecule has 0 unspecified atom stereocenters. The smallest absolute Gasteiger partial charge is 0.0555 e. The highest BCUT2D eigenvalue weighted by atomic mass is 15.0. The monoisotopic (exact) mass is 173 g/mol. The predicted octanol–water partition coefficient (Wildman–Crippen LogP) is 2.39. The lowest BCUT2D eigenvalue weighted by Crippen LogP contribution is -1.98. The molecule has 13 heavy (non-hydrogen) atoms. The molecule has 0 aliphatic rings. The van der Waals surface area contributed by atoms with Crippen LogP contribution in [-0.4, -0.2) is 9.13 Å². The van der Waals surface area contributed by atoms with E-state index < -0.39 is 0 Å². The van der Waals surface area contributed by atoms with Crippen molar-refractivity contribution in [2.75, 3.05) is 0 Å². The molecule has 0 saturated carbocycles. The number of hydrogen-bond acceptors (Lipinski definition) is 0. The lowest BCUT2D eigenvalue weighted by Gasteiger charge is -2.03. The first kappa shape index (κ1) is 8.17. The van der Waals surface area contributed by atoms with Gasteiger partial charge in [0.15, 0.2) is 0 Å². The van der Waals surface area contributed by atoms with Crippen molar-refractivity contribution in [3.8, 4) is 0 Å². The molecule has 0 amide bonds. The van der Waals surface area contributed by atoms with Gasteiger partial charge in [-0.25, -0.2) is 0 Å². The van der Waals surface area contributed by atoms with E-state index in [0.717, 1.165) is 13.0 Å². The third kappa shape index (κ3) is 2.25. The normalized spacial score (nSPS) is 10.5. The van der Waals surface area contributed by atoms with E-state index >= 15 is 0 Å². The molecule has 0 saturated heterocycles. The SMILES string of the molecule is [CH](CCn1cccc1)n1cccc1. The van der Waals surface area contributed by atoms with Crippen LogP contribution in [0.25, 0.3) is 0 Å². The summed E-state index contributed by atoms with van der Waals surface area (Å²) in [5.74, 6) is 0. The van der Waals surface area contributed by atoms with Gasteiger partial charge in [0.2, 0.25) is 0 Å². The standard InChI is InChI=1S/C11H13N2/c1-2-7-12(6-1)10-5-11-13-8-3-4-9-13/h1-4,6-10H,5,11H2. The molecule has 1 radical (unpaired) electrons. The molecule has 0 aliphatic carbocycles. The highest BCUT2D eigenvalue weighted by Crippen LogP contribution is 1.99.